The van der Waals surface area contributed by atoms with Gasteiger partial charge in [0.1, 0.15) is 0 Å². The Bertz CT molecular complexity index is 344. The van der Waals surface area contributed by atoms with E-state index in [0.717, 1.165) is 24.2 Å². The number of aliphatic hydroxyl groups is 1. The zero-order valence-corrected chi connectivity index (χ0v) is 11.0. The Labute approximate surface area is 104 Å². The molecule has 0 amide bonds. The van der Waals surface area contributed by atoms with Crippen LogP contribution in [0.4, 0.5) is 5.69 Å². The summed E-state index contributed by atoms with van der Waals surface area (Å²) in [5.74, 6) is 0. The summed E-state index contributed by atoms with van der Waals surface area (Å²) in [5, 5.41) is 12.6. The fourth-order valence-corrected chi connectivity index (χ4v) is 1.90. The van der Waals surface area contributed by atoms with Crippen LogP contribution in [-0.2, 0) is 6.54 Å². The molecule has 1 atom stereocenters. The minimum absolute atomic E-state index is 0.131. The molecular formula is C14H24N2O. The summed E-state index contributed by atoms with van der Waals surface area (Å²) < 4.78 is 0. The zero-order chi connectivity index (χ0) is 12.9. The number of rotatable bonds is 5. The molecular weight excluding hydrogens is 212 g/mol. The van der Waals surface area contributed by atoms with E-state index >= 15 is 0 Å². The van der Waals surface area contributed by atoms with Crippen molar-refractivity contribution < 1.29 is 5.11 Å². The van der Waals surface area contributed by atoms with Crippen LogP contribution in [-0.4, -0.2) is 17.8 Å². The first-order valence-electron chi connectivity index (χ1n) is 6.12. The smallest absolute Gasteiger partial charge is 0.0446 e. The van der Waals surface area contributed by atoms with Crippen LogP contribution in [0.1, 0.15) is 32.8 Å². The molecule has 0 aliphatic rings. The molecule has 0 aliphatic carbocycles. The maximum absolute atomic E-state index is 9.09. The quantitative estimate of drug-likeness (QED) is 0.687. The molecule has 0 aliphatic heterocycles. The van der Waals surface area contributed by atoms with Crippen LogP contribution in [0.15, 0.2) is 24.3 Å². The van der Waals surface area contributed by atoms with Gasteiger partial charge < -0.3 is 16.2 Å². The second-order valence-corrected chi connectivity index (χ2v) is 5.51. The molecule has 1 unspecified atom stereocenters. The molecule has 0 spiro atoms. The lowest BCUT2D eigenvalue weighted by Gasteiger charge is -2.31. The molecule has 0 bridgehead atoms. The molecule has 17 heavy (non-hydrogen) atoms. The van der Waals surface area contributed by atoms with Gasteiger partial charge in [0.15, 0.2) is 0 Å². The molecule has 3 nitrogen and oxygen atoms in total. The average molecular weight is 236 g/mol. The van der Waals surface area contributed by atoms with Gasteiger partial charge in [-0.15, -0.1) is 0 Å². The van der Waals surface area contributed by atoms with Gasteiger partial charge >= 0.3 is 0 Å². The highest BCUT2D eigenvalue weighted by Crippen LogP contribution is 2.22. The normalized spacial score (nSPS) is 13.6. The number of hydrogen-bond acceptors (Lipinski definition) is 3. The first-order valence-corrected chi connectivity index (χ1v) is 6.12. The van der Waals surface area contributed by atoms with Crippen LogP contribution in [0.25, 0.3) is 0 Å². The lowest BCUT2D eigenvalue weighted by atomic mass is 9.85. The van der Waals surface area contributed by atoms with E-state index in [4.69, 9.17) is 10.8 Å². The molecule has 0 radical (unpaired) electrons. The predicted octanol–water partition coefficient (Wildman–Crippen LogP) is 2.16. The number of benzene rings is 1. The molecule has 4 N–H and O–H groups in total. The second-order valence-electron chi connectivity index (χ2n) is 5.51. The minimum atomic E-state index is 0.131. The summed E-state index contributed by atoms with van der Waals surface area (Å²) >= 11 is 0. The summed E-state index contributed by atoms with van der Waals surface area (Å²) in [6.07, 6.45) is 0.760. The van der Waals surface area contributed by atoms with Gasteiger partial charge in [0, 0.05) is 24.9 Å². The zero-order valence-electron chi connectivity index (χ0n) is 11.0. The van der Waals surface area contributed by atoms with Crippen molar-refractivity contribution in [3.05, 3.63) is 29.8 Å². The van der Waals surface area contributed by atoms with E-state index < -0.39 is 0 Å². The third-order valence-electron chi connectivity index (χ3n) is 3.06. The van der Waals surface area contributed by atoms with Crippen molar-refractivity contribution >= 4 is 5.69 Å². The SMILES string of the molecule is CC(C)(C)C(CCO)NCc1ccccc1N. The molecule has 3 heteroatoms. The van der Waals surface area contributed by atoms with E-state index in [9.17, 15) is 0 Å². The number of para-hydroxylation sites is 1. The van der Waals surface area contributed by atoms with Crippen LogP contribution < -0.4 is 11.1 Å². The van der Waals surface area contributed by atoms with Gasteiger partial charge in [0.05, 0.1) is 0 Å². The van der Waals surface area contributed by atoms with Crippen LogP contribution in [0.5, 0.6) is 0 Å². The number of nitrogens with one attached hydrogen (secondary N) is 1. The topological polar surface area (TPSA) is 58.3 Å². The Morgan fingerprint density at radius 3 is 2.47 bits per heavy atom. The standard InChI is InChI=1S/C14H24N2O/c1-14(2,3)13(8-9-17)16-10-11-6-4-5-7-12(11)15/h4-7,13,16-17H,8-10,15H2,1-3H3. The van der Waals surface area contributed by atoms with Crippen molar-refractivity contribution in [2.75, 3.05) is 12.3 Å². The summed E-state index contributed by atoms with van der Waals surface area (Å²) in [7, 11) is 0. The predicted molar refractivity (Wildman–Crippen MR) is 72.6 cm³/mol. The summed E-state index contributed by atoms with van der Waals surface area (Å²) in [6.45, 7) is 7.48. The molecule has 0 fully saturated rings. The van der Waals surface area contributed by atoms with Gasteiger partial charge in [-0.3, -0.25) is 0 Å². The average Bonchev–Trinajstić information content (AvgIpc) is 2.24. The highest BCUT2D eigenvalue weighted by Gasteiger charge is 2.23. The molecule has 1 rings (SSSR count). The maximum Gasteiger partial charge on any atom is 0.0446 e. The van der Waals surface area contributed by atoms with Crippen LogP contribution in [0, 0.1) is 5.41 Å². The Morgan fingerprint density at radius 2 is 1.94 bits per heavy atom. The van der Waals surface area contributed by atoms with Gasteiger partial charge in [-0.25, -0.2) is 0 Å². The van der Waals surface area contributed by atoms with E-state index in [2.05, 4.69) is 26.1 Å². The van der Waals surface area contributed by atoms with Crippen LogP contribution in [0.2, 0.25) is 0 Å². The van der Waals surface area contributed by atoms with Crippen molar-refractivity contribution in [2.45, 2.75) is 39.8 Å². The summed E-state index contributed by atoms with van der Waals surface area (Å²) in [5.41, 5.74) is 7.96. The third kappa shape index (κ3) is 4.36. The van der Waals surface area contributed by atoms with Crippen LogP contribution >= 0.6 is 0 Å². The number of anilines is 1. The number of nitrogen functional groups attached to an aromatic ring is 1. The van der Waals surface area contributed by atoms with Gasteiger partial charge in [-0.1, -0.05) is 39.0 Å². The first-order chi connectivity index (χ1) is 7.95. The number of hydrogen-bond donors (Lipinski definition) is 3. The van der Waals surface area contributed by atoms with E-state index in [0.29, 0.717) is 0 Å². The fourth-order valence-electron chi connectivity index (χ4n) is 1.90. The van der Waals surface area contributed by atoms with Gasteiger partial charge in [-0.2, -0.15) is 0 Å². The lowest BCUT2D eigenvalue weighted by Crippen LogP contribution is -2.40. The third-order valence-corrected chi connectivity index (χ3v) is 3.06. The Balaban J connectivity index is 2.61. The van der Waals surface area contributed by atoms with E-state index in [-0.39, 0.29) is 18.1 Å². The highest BCUT2D eigenvalue weighted by molar-refractivity contribution is 5.46. The Morgan fingerprint density at radius 1 is 1.29 bits per heavy atom. The fraction of sp³-hybridized carbons (Fsp3) is 0.571. The van der Waals surface area contributed by atoms with Crippen molar-refractivity contribution in [3.63, 3.8) is 0 Å². The molecule has 1 aromatic carbocycles. The monoisotopic (exact) mass is 236 g/mol. The Kier molecular flexibility index (Phi) is 4.97. The summed E-state index contributed by atoms with van der Waals surface area (Å²) in [6, 6.07) is 8.15. The highest BCUT2D eigenvalue weighted by atomic mass is 16.3. The molecule has 96 valence electrons. The largest absolute Gasteiger partial charge is 0.398 e. The van der Waals surface area contributed by atoms with Crippen molar-refractivity contribution in [1.29, 1.82) is 0 Å². The van der Waals surface area contributed by atoms with Crippen molar-refractivity contribution in [2.24, 2.45) is 5.41 Å². The van der Waals surface area contributed by atoms with Crippen LogP contribution in [0.3, 0.4) is 0 Å². The Hall–Kier alpha value is -1.06. The minimum Gasteiger partial charge on any atom is -0.398 e. The second kappa shape index (κ2) is 6.03. The lowest BCUT2D eigenvalue weighted by molar-refractivity contribution is 0.196. The molecule has 0 saturated carbocycles. The maximum atomic E-state index is 9.09. The molecule has 0 aromatic heterocycles. The van der Waals surface area contributed by atoms with Gasteiger partial charge in [0.25, 0.3) is 0 Å². The van der Waals surface area contributed by atoms with Crippen molar-refractivity contribution in [1.82, 2.24) is 5.32 Å². The van der Waals surface area contributed by atoms with E-state index in [1.165, 1.54) is 0 Å². The van der Waals surface area contributed by atoms with E-state index in [1.807, 2.05) is 24.3 Å². The molecule has 1 aromatic rings. The number of aliphatic hydroxyl groups excluding tert-OH is 1. The first kappa shape index (κ1) is 14.0. The van der Waals surface area contributed by atoms with Gasteiger partial charge in [-0.05, 0) is 23.5 Å². The van der Waals surface area contributed by atoms with E-state index in [1.54, 1.807) is 0 Å². The van der Waals surface area contributed by atoms with Crippen molar-refractivity contribution in [3.8, 4) is 0 Å². The number of nitrogens with two attached hydrogens (primary N) is 1. The molecule has 0 saturated heterocycles. The molecule has 0 heterocycles. The van der Waals surface area contributed by atoms with Gasteiger partial charge in [0.2, 0.25) is 0 Å². The summed E-state index contributed by atoms with van der Waals surface area (Å²) in [4.78, 5) is 0.